The second-order valence-electron chi connectivity index (χ2n) is 8.11. The Labute approximate surface area is 192 Å². The van der Waals surface area contributed by atoms with Crippen molar-refractivity contribution in [2.75, 3.05) is 19.8 Å². The molecule has 33 heavy (non-hydrogen) atoms. The number of aryl methyl sites for hydroxylation is 1. The molecular weight excluding hydrogens is 478 g/mol. The van der Waals surface area contributed by atoms with Crippen LogP contribution in [0.3, 0.4) is 0 Å². The van der Waals surface area contributed by atoms with Crippen LogP contribution in [0.2, 0.25) is 0 Å². The third-order valence-electron chi connectivity index (χ3n) is 5.37. The molecule has 0 saturated heterocycles. The van der Waals surface area contributed by atoms with E-state index in [0.717, 1.165) is 12.8 Å². The quantitative estimate of drug-likeness (QED) is 0.249. The number of nitrogens with one attached hydrogen (secondary N) is 1. The Morgan fingerprint density at radius 3 is 2.24 bits per heavy atom. The lowest BCUT2D eigenvalue weighted by Gasteiger charge is -2.23. The van der Waals surface area contributed by atoms with E-state index >= 15 is 0 Å². The molecule has 1 heterocycles. The van der Waals surface area contributed by atoms with Crippen molar-refractivity contribution in [3.05, 3.63) is 32.6 Å². The fraction of sp³-hybridized carbons (Fsp3) is 0.789. The summed E-state index contributed by atoms with van der Waals surface area (Å²) in [6, 6.07) is -0.499. The molecule has 1 aromatic heterocycles. The van der Waals surface area contributed by atoms with Gasteiger partial charge in [-0.25, -0.2) is 13.9 Å². The molecule has 1 aliphatic rings. The van der Waals surface area contributed by atoms with Crippen LogP contribution in [-0.2, 0) is 27.2 Å². The maximum atomic E-state index is 12.4. The van der Waals surface area contributed by atoms with E-state index in [1.54, 1.807) is 6.92 Å². The number of phosphoric acid groups is 2. The average molecular weight is 512 g/mol. The first-order valence-electron chi connectivity index (χ1n) is 11.1. The van der Waals surface area contributed by atoms with Crippen LogP contribution in [0.5, 0.6) is 0 Å². The highest BCUT2D eigenvalue weighted by atomic mass is 31.2. The summed E-state index contributed by atoms with van der Waals surface area (Å²) in [4.78, 5) is 46.3. The van der Waals surface area contributed by atoms with Crippen LogP contribution in [0.15, 0.2) is 15.8 Å². The van der Waals surface area contributed by atoms with Crippen molar-refractivity contribution in [1.82, 2.24) is 9.55 Å². The van der Waals surface area contributed by atoms with E-state index in [-0.39, 0.29) is 32.7 Å². The third-order valence-corrected chi connectivity index (χ3v) is 7.40. The fourth-order valence-corrected chi connectivity index (χ4v) is 5.36. The minimum absolute atomic E-state index is 0.0390. The van der Waals surface area contributed by atoms with E-state index in [4.69, 9.17) is 18.1 Å². The van der Waals surface area contributed by atoms with Crippen molar-refractivity contribution in [2.45, 2.75) is 71.4 Å². The number of rotatable bonds is 14. The van der Waals surface area contributed by atoms with Gasteiger partial charge in [-0.1, -0.05) is 26.7 Å². The first kappa shape index (κ1) is 28.1. The largest absolute Gasteiger partial charge is 0.472 e. The van der Waals surface area contributed by atoms with E-state index in [9.17, 15) is 28.5 Å². The van der Waals surface area contributed by atoms with E-state index < -0.39 is 45.0 Å². The average Bonchev–Trinajstić information content (AvgIpc) is 3.11. The lowest BCUT2D eigenvalue weighted by molar-refractivity contribution is 0.0559. The molecule has 0 bridgehead atoms. The van der Waals surface area contributed by atoms with Crippen molar-refractivity contribution in [1.29, 1.82) is 0 Å². The van der Waals surface area contributed by atoms with Gasteiger partial charge in [0, 0.05) is 23.7 Å². The molecule has 12 nitrogen and oxygen atoms in total. The number of hydrogen-bond acceptors (Lipinski definition) is 8. The van der Waals surface area contributed by atoms with Crippen LogP contribution in [0.25, 0.3) is 0 Å². The maximum Gasteiger partial charge on any atom is 0.472 e. The lowest BCUT2D eigenvalue weighted by atomic mass is 10.1. The van der Waals surface area contributed by atoms with Crippen LogP contribution in [-0.4, -0.2) is 45.3 Å². The van der Waals surface area contributed by atoms with Crippen molar-refractivity contribution in [3.63, 3.8) is 0 Å². The molecule has 0 spiro atoms. The van der Waals surface area contributed by atoms with Crippen LogP contribution >= 0.6 is 15.6 Å². The van der Waals surface area contributed by atoms with Crippen LogP contribution < -0.4 is 11.2 Å². The molecule has 14 heteroatoms. The van der Waals surface area contributed by atoms with Gasteiger partial charge < -0.3 is 9.79 Å². The number of unbranched alkanes of at least 4 members (excludes halogenated alkanes) is 2. The fourth-order valence-electron chi connectivity index (χ4n) is 3.52. The van der Waals surface area contributed by atoms with Gasteiger partial charge in [-0.2, -0.15) is 0 Å². The molecular formula is C19H34N2O10P2. The molecule has 190 valence electrons. The standard InChI is InChI=1S/C19H34N2O10P2/c1-4-6-8-28-32(24,25)30-13-15-10-16(21-12-14(3)18(22)20-19(21)23)11-17(15)31-33(26,27)29-9-7-5-2/h12,15-17H,4-11,13H2,1-3H3,(H,24,25)(H,26,27)(H,20,22,23)/t15-,16-,17?/m1/s1. The Hall–Kier alpha value is -1.10. The number of phosphoric ester groups is 2. The first-order chi connectivity index (χ1) is 15.5. The van der Waals surface area contributed by atoms with Gasteiger partial charge >= 0.3 is 21.3 Å². The van der Waals surface area contributed by atoms with Crippen LogP contribution in [0.4, 0.5) is 0 Å². The van der Waals surface area contributed by atoms with Crippen molar-refractivity contribution >= 4 is 15.6 Å². The number of H-pyrrole nitrogens is 1. The summed E-state index contributed by atoms with van der Waals surface area (Å²) in [7, 11) is -8.73. The summed E-state index contributed by atoms with van der Waals surface area (Å²) in [5, 5.41) is 0. The molecule has 0 amide bonds. The van der Waals surface area contributed by atoms with Gasteiger partial charge in [-0.3, -0.25) is 32.4 Å². The molecule has 3 unspecified atom stereocenters. The molecule has 1 aromatic rings. The molecule has 0 aliphatic heterocycles. The summed E-state index contributed by atoms with van der Waals surface area (Å²) >= 11 is 0. The predicted octanol–water partition coefficient (Wildman–Crippen LogP) is 3.03. The van der Waals surface area contributed by atoms with Gasteiger partial charge in [0.2, 0.25) is 0 Å². The molecule has 1 fully saturated rings. The van der Waals surface area contributed by atoms with Gasteiger partial charge in [-0.05, 0) is 32.6 Å². The Morgan fingerprint density at radius 1 is 1.03 bits per heavy atom. The predicted molar refractivity (Wildman–Crippen MR) is 120 cm³/mol. The minimum atomic E-state index is -4.41. The van der Waals surface area contributed by atoms with Gasteiger partial charge in [0.15, 0.2) is 0 Å². The van der Waals surface area contributed by atoms with Crippen LogP contribution in [0.1, 0.15) is 64.0 Å². The Balaban J connectivity index is 2.17. The number of nitrogens with zero attached hydrogens (tertiary/aromatic N) is 1. The first-order valence-corrected chi connectivity index (χ1v) is 14.1. The summed E-state index contributed by atoms with van der Waals surface area (Å²) in [6.07, 6.45) is 3.57. The molecule has 2 rings (SSSR count). The molecule has 1 aliphatic carbocycles. The van der Waals surface area contributed by atoms with E-state index in [2.05, 4.69) is 4.98 Å². The summed E-state index contributed by atoms with van der Waals surface area (Å²) in [5.41, 5.74) is -0.804. The number of aromatic amines is 1. The van der Waals surface area contributed by atoms with E-state index in [0.29, 0.717) is 18.4 Å². The maximum absolute atomic E-state index is 12.4. The molecule has 3 N–H and O–H groups in total. The zero-order valence-electron chi connectivity index (χ0n) is 19.2. The highest BCUT2D eigenvalue weighted by Crippen LogP contribution is 2.51. The van der Waals surface area contributed by atoms with E-state index in [1.165, 1.54) is 10.8 Å². The van der Waals surface area contributed by atoms with Gasteiger partial charge in [0.25, 0.3) is 5.56 Å². The Morgan fingerprint density at radius 2 is 1.64 bits per heavy atom. The zero-order valence-corrected chi connectivity index (χ0v) is 21.0. The summed E-state index contributed by atoms with van der Waals surface area (Å²) < 4.78 is 46.3. The second-order valence-corrected chi connectivity index (χ2v) is 11.0. The summed E-state index contributed by atoms with van der Waals surface area (Å²) in [5.74, 6) is -0.611. The van der Waals surface area contributed by atoms with Crippen LogP contribution in [0, 0.1) is 12.8 Å². The number of aromatic nitrogens is 2. The second kappa shape index (κ2) is 12.6. The van der Waals surface area contributed by atoms with Gasteiger partial charge in [0.1, 0.15) is 0 Å². The molecule has 1 saturated carbocycles. The Bertz CT molecular complexity index is 978. The monoisotopic (exact) mass is 512 g/mol. The highest BCUT2D eigenvalue weighted by Gasteiger charge is 2.42. The highest BCUT2D eigenvalue weighted by molar-refractivity contribution is 7.47. The number of hydrogen-bond donors (Lipinski definition) is 3. The van der Waals surface area contributed by atoms with Crippen molar-refractivity contribution < 1.29 is 37.0 Å². The van der Waals surface area contributed by atoms with Gasteiger partial charge in [-0.15, -0.1) is 0 Å². The molecule has 0 radical (unpaired) electrons. The zero-order chi connectivity index (χ0) is 24.6. The smallest absolute Gasteiger partial charge is 0.302 e. The molecule has 0 aromatic carbocycles. The van der Waals surface area contributed by atoms with Crippen molar-refractivity contribution in [3.8, 4) is 0 Å². The molecule has 5 atom stereocenters. The normalized spacial score (nSPS) is 24.5. The summed E-state index contributed by atoms with van der Waals surface area (Å²) in [6.45, 7) is 5.16. The van der Waals surface area contributed by atoms with Gasteiger partial charge in [0.05, 0.1) is 25.9 Å². The topological polar surface area (TPSA) is 166 Å². The SMILES string of the molecule is CCCCOP(=O)(O)OC[C@H]1C[C@@H](n2cc(C)c(=O)[nH]c2=O)CC1OP(=O)(O)OCCCC. The lowest BCUT2D eigenvalue weighted by Crippen LogP contribution is -2.32. The Kier molecular flexibility index (Phi) is 10.7. The minimum Gasteiger partial charge on any atom is -0.302 e. The van der Waals surface area contributed by atoms with Crippen molar-refractivity contribution in [2.24, 2.45) is 5.92 Å². The van der Waals surface area contributed by atoms with E-state index in [1.807, 2.05) is 13.8 Å². The third kappa shape index (κ3) is 8.88.